The van der Waals surface area contributed by atoms with Crippen molar-refractivity contribution in [2.24, 2.45) is 0 Å². The van der Waals surface area contributed by atoms with Gasteiger partial charge in [0.1, 0.15) is 5.75 Å². The Bertz CT molecular complexity index is 829. The third-order valence-corrected chi connectivity index (χ3v) is 5.70. The van der Waals surface area contributed by atoms with E-state index >= 15 is 0 Å². The van der Waals surface area contributed by atoms with Crippen LogP contribution in [0.2, 0.25) is 0 Å². The summed E-state index contributed by atoms with van der Waals surface area (Å²) in [6, 6.07) is 12.5. The largest absolute Gasteiger partial charge is 0.494 e. The molecule has 0 amide bonds. The van der Waals surface area contributed by atoms with Crippen molar-refractivity contribution in [3.05, 3.63) is 54.1 Å². The van der Waals surface area contributed by atoms with E-state index in [4.69, 9.17) is 4.74 Å². The van der Waals surface area contributed by atoms with Gasteiger partial charge in [-0.15, -0.1) is 0 Å². The second-order valence-corrected chi connectivity index (χ2v) is 7.65. The van der Waals surface area contributed by atoms with Gasteiger partial charge in [-0.3, -0.25) is 4.31 Å². The molecule has 0 aliphatic rings. The Kier molecular flexibility index (Phi) is 6.63. The van der Waals surface area contributed by atoms with Crippen LogP contribution < -0.4 is 9.04 Å². The minimum Gasteiger partial charge on any atom is -0.494 e. The van der Waals surface area contributed by atoms with E-state index in [1.165, 1.54) is 42.7 Å². The van der Waals surface area contributed by atoms with Crippen molar-refractivity contribution in [2.75, 3.05) is 25.1 Å². The van der Waals surface area contributed by atoms with Crippen molar-refractivity contribution >= 4 is 21.7 Å². The normalized spacial score (nSPS) is 11.0. The summed E-state index contributed by atoms with van der Waals surface area (Å²) < 4.78 is 36.9. The number of hydrogen-bond donors (Lipinski definition) is 0. The summed E-state index contributed by atoms with van der Waals surface area (Å²) in [7, 11) is -0.951. The third kappa shape index (κ3) is 4.54. The molecule has 2 aromatic carbocycles. The van der Waals surface area contributed by atoms with Crippen molar-refractivity contribution in [1.29, 1.82) is 0 Å². The number of benzene rings is 2. The molecule has 0 bridgehead atoms. The number of carbonyl (C=O) groups excluding carboxylic acids is 1. The summed E-state index contributed by atoms with van der Waals surface area (Å²) >= 11 is 0. The molecule has 7 heteroatoms. The molecule has 0 radical (unpaired) electrons. The predicted octanol–water partition coefficient (Wildman–Crippen LogP) is 3.48. The number of sulfonamides is 1. The fourth-order valence-electron chi connectivity index (χ4n) is 2.26. The standard InChI is InChI=1S/C19H23NO5S/c1-4-5-14-25-17-10-12-18(13-11-17)26(22,23)20(2)16-8-6-15(7-9-16)19(21)24-3/h6-13H,4-5,14H2,1-3H3. The maximum Gasteiger partial charge on any atom is 0.337 e. The fourth-order valence-corrected chi connectivity index (χ4v) is 3.46. The van der Waals surface area contributed by atoms with Gasteiger partial charge in [-0.1, -0.05) is 13.3 Å². The number of anilines is 1. The highest BCUT2D eigenvalue weighted by molar-refractivity contribution is 7.92. The van der Waals surface area contributed by atoms with E-state index in [1.807, 2.05) is 0 Å². The Labute approximate surface area is 154 Å². The first-order valence-corrected chi connectivity index (χ1v) is 9.74. The number of ether oxygens (including phenoxy) is 2. The first-order chi connectivity index (χ1) is 12.4. The molecule has 0 fully saturated rings. The van der Waals surface area contributed by atoms with E-state index in [9.17, 15) is 13.2 Å². The van der Waals surface area contributed by atoms with Gasteiger partial charge in [0.25, 0.3) is 10.0 Å². The monoisotopic (exact) mass is 377 g/mol. The van der Waals surface area contributed by atoms with Crippen molar-refractivity contribution in [1.82, 2.24) is 0 Å². The molecule has 0 N–H and O–H groups in total. The molecule has 2 aromatic rings. The Morgan fingerprint density at radius 3 is 2.19 bits per heavy atom. The van der Waals surface area contributed by atoms with Crippen LogP contribution in [-0.2, 0) is 14.8 Å². The van der Waals surface area contributed by atoms with Crippen molar-refractivity contribution in [3.63, 3.8) is 0 Å². The lowest BCUT2D eigenvalue weighted by molar-refractivity contribution is 0.0600. The first-order valence-electron chi connectivity index (χ1n) is 8.30. The van der Waals surface area contributed by atoms with E-state index in [-0.39, 0.29) is 4.90 Å². The molecule has 0 aromatic heterocycles. The van der Waals surface area contributed by atoms with Gasteiger partial charge in [0.2, 0.25) is 0 Å². The summed E-state index contributed by atoms with van der Waals surface area (Å²) in [4.78, 5) is 11.6. The lowest BCUT2D eigenvalue weighted by atomic mass is 10.2. The van der Waals surface area contributed by atoms with Crippen LogP contribution in [0.5, 0.6) is 5.75 Å². The van der Waals surface area contributed by atoms with Crippen molar-refractivity contribution in [2.45, 2.75) is 24.7 Å². The van der Waals surface area contributed by atoms with Gasteiger partial charge in [0.15, 0.2) is 0 Å². The van der Waals surface area contributed by atoms with Gasteiger partial charge in [0.05, 0.1) is 29.9 Å². The molecule has 0 heterocycles. The molecule has 2 rings (SSSR count). The Balaban J connectivity index is 2.16. The zero-order valence-electron chi connectivity index (χ0n) is 15.1. The van der Waals surface area contributed by atoms with E-state index < -0.39 is 16.0 Å². The summed E-state index contributed by atoms with van der Waals surface area (Å²) in [5.74, 6) is 0.170. The molecule has 0 spiro atoms. The van der Waals surface area contributed by atoms with Crippen LogP contribution in [0.15, 0.2) is 53.4 Å². The minimum atomic E-state index is -3.71. The van der Waals surface area contributed by atoms with Crippen LogP contribution >= 0.6 is 0 Å². The number of esters is 1. The number of carbonyl (C=O) groups is 1. The molecule has 0 saturated heterocycles. The Hall–Kier alpha value is -2.54. The first kappa shape index (κ1) is 19.8. The van der Waals surface area contributed by atoms with Crippen LogP contribution in [0.3, 0.4) is 0 Å². The third-order valence-electron chi connectivity index (χ3n) is 3.90. The highest BCUT2D eigenvalue weighted by Gasteiger charge is 2.21. The number of nitrogens with zero attached hydrogens (tertiary/aromatic N) is 1. The predicted molar refractivity (Wildman–Crippen MR) is 100 cm³/mol. The van der Waals surface area contributed by atoms with Gasteiger partial charge >= 0.3 is 5.97 Å². The summed E-state index contributed by atoms with van der Waals surface area (Å²) in [5.41, 5.74) is 0.802. The average molecular weight is 377 g/mol. The maximum atomic E-state index is 12.8. The molecule has 0 atom stereocenters. The van der Waals surface area contributed by atoms with Crippen LogP contribution in [-0.4, -0.2) is 35.2 Å². The summed E-state index contributed by atoms with van der Waals surface area (Å²) in [5, 5.41) is 0. The number of hydrogen-bond acceptors (Lipinski definition) is 5. The molecule has 0 saturated carbocycles. The van der Waals surface area contributed by atoms with Gasteiger partial charge in [-0.2, -0.15) is 0 Å². The van der Waals surface area contributed by atoms with E-state index in [1.54, 1.807) is 24.3 Å². The zero-order chi connectivity index (χ0) is 19.2. The lowest BCUT2D eigenvalue weighted by Crippen LogP contribution is -2.26. The van der Waals surface area contributed by atoms with Gasteiger partial charge in [-0.25, -0.2) is 13.2 Å². The molecule has 6 nitrogen and oxygen atoms in total. The highest BCUT2D eigenvalue weighted by atomic mass is 32.2. The van der Waals surface area contributed by atoms with Crippen LogP contribution in [0, 0.1) is 0 Å². The van der Waals surface area contributed by atoms with E-state index in [2.05, 4.69) is 11.7 Å². The van der Waals surface area contributed by atoms with Crippen LogP contribution in [0.4, 0.5) is 5.69 Å². The second kappa shape index (κ2) is 8.71. The summed E-state index contributed by atoms with van der Waals surface area (Å²) in [6.07, 6.45) is 1.98. The van der Waals surface area contributed by atoms with Crippen molar-refractivity contribution in [3.8, 4) is 5.75 Å². The lowest BCUT2D eigenvalue weighted by Gasteiger charge is -2.20. The molecule has 140 valence electrons. The SMILES string of the molecule is CCCCOc1ccc(S(=O)(=O)N(C)c2ccc(C(=O)OC)cc2)cc1. The smallest absolute Gasteiger partial charge is 0.337 e. The maximum absolute atomic E-state index is 12.8. The van der Waals surface area contributed by atoms with Crippen LogP contribution in [0.1, 0.15) is 30.1 Å². The quantitative estimate of drug-likeness (QED) is 0.520. The number of methoxy groups -OCH3 is 1. The number of unbranched alkanes of at least 4 members (excludes halogenated alkanes) is 1. The molecular weight excluding hydrogens is 354 g/mol. The fraction of sp³-hybridized carbons (Fsp3) is 0.316. The molecule has 26 heavy (non-hydrogen) atoms. The van der Waals surface area contributed by atoms with Crippen molar-refractivity contribution < 1.29 is 22.7 Å². The highest BCUT2D eigenvalue weighted by Crippen LogP contribution is 2.24. The Morgan fingerprint density at radius 1 is 1.04 bits per heavy atom. The zero-order valence-corrected chi connectivity index (χ0v) is 16.0. The topological polar surface area (TPSA) is 72.9 Å². The number of rotatable bonds is 8. The second-order valence-electron chi connectivity index (χ2n) is 5.68. The average Bonchev–Trinajstić information content (AvgIpc) is 2.67. The molecular formula is C19H23NO5S. The molecule has 0 aliphatic heterocycles. The Morgan fingerprint density at radius 2 is 1.65 bits per heavy atom. The van der Waals surface area contributed by atoms with E-state index in [0.717, 1.165) is 12.8 Å². The molecule has 0 aliphatic carbocycles. The summed E-state index contributed by atoms with van der Waals surface area (Å²) in [6.45, 7) is 2.68. The van der Waals surface area contributed by atoms with E-state index in [0.29, 0.717) is 23.6 Å². The van der Waals surface area contributed by atoms with Gasteiger partial charge < -0.3 is 9.47 Å². The molecule has 0 unspecified atom stereocenters. The van der Waals surface area contributed by atoms with Gasteiger partial charge in [-0.05, 0) is 55.0 Å². The van der Waals surface area contributed by atoms with Crippen LogP contribution in [0.25, 0.3) is 0 Å². The minimum absolute atomic E-state index is 0.167. The van der Waals surface area contributed by atoms with Gasteiger partial charge in [0, 0.05) is 7.05 Å².